The third-order valence-corrected chi connectivity index (χ3v) is 8.62. The molecule has 0 radical (unpaired) electrons. The molecule has 2 aliphatic heterocycles. The maximum absolute atomic E-state index is 11.9. The highest BCUT2D eigenvalue weighted by atomic mass is 16.5. The Hall–Kier alpha value is -4.74. The van der Waals surface area contributed by atoms with E-state index in [1.54, 1.807) is 24.8 Å². The minimum atomic E-state index is -0.720. The van der Waals surface area contributed by atoms with Crippen molar-refractivity contribution in [3.05, 3.63) is 48.0 Å². The largest absolute Gasteiger partial charge is 0.481 e. The molecule has 0 atom stereocenters. The number of anilines is 2. The second-order valence-electron chi connectivity index (χ2n) is 11.3. The van der Waals surface area contributed by atoms with Gasteiger partial charge in [0.25, 0.3) is 0 Å². The van der Waals surface area contributed by atoms with Crippen LogP contribution in [-0.4, -0.2) is 81.5 Å². The number of carbonyl (C=O) groups is 4. The van der Waals surface area contributed by atoms with Crippen molar-refractivity contribution in [2.75, 3.05) is 42.6 Å². The van der Waals surface area contributed by atoms with Crippen molar-refractivity contribution in [1.82, 2.24) is 19.1 Å². The average molecular weight is 603 g/mol. The van der Waals surface area contributed by atoms with E-state index in [-0.39, 0.29) is 17.8 Å². The summed E-state index contributed by atoms with van der Waals surface area (Å²) < 4.78 is 8.82. The van der Waals surface area contributed by atoms with Crippen molar-refractivity contribution in [2.24, 2.45) is 25.9 Å². The molecule has 12 heteroatoms. The summed E-state index contributed by atoms with van der Waals surface area (Å²) in [6.07, 6.45) is 11.6. The van der Waals surface area contributed by atoms with Gasteiger partial charge < -0.3 is 28.8 Å². The molecule has 0 spiro atoms. The number of ether oxygens (including phenoxy) is 1. The quantitative estimate of drug-likeness (QED) is 0.245. The summed E-state index contributed by atoms with van der Waals surface area (Å²) in [5.41, 5.74) is 4.83. The van der Waals surface area contributed by atoms with E-state index < -0.39 is 5.97 Å². The lowest BCUT2D eigenvalue weighted by molar-refractivity contribution is -0.148. The summed E-state index contributed by atoms with van der Waals surface area (Å²) in [6, 6.07) is 3.84. The molecule has 6 rings (SSSR count). The van der Waals surface area contributed by atoms with Crippen molar-refractivity contribution in [2.45, 2.75) is 32.6 Å². The highest BCUT2D eigenvalue weighted by Crippen LogP contribution is 2.33. The predicted octanol–water partition coefficient (Wildman–Crippen LogP) is 3.85. The van der Waals surface area contributed by atoms with E-state index in [1.807, 2.05) is 42.3 Å². The fourth-order valence-corrected chi connectivity index (χ4v) is 6.33. The third kappa shape index (κ3) is 6.01. The lowest BCUT2D eigenvalue weighted by Crippen LogP contribution is -2.37. The summed E-state index contributed by atoms with van der Waals surface area (Å²) in [5, 5.41) is 10.8. The summed E-state index contributed by atoms with van der Waals surface area (Å²) in [5.74, 6) is -1.10. The first-order valence-corrected chi connectivity index (χ1v) is 14.9. The van der Waals surface area contributed by atoms with Gasteiger partial charge >= 0.3 is 11.9 Å². The van der Waals surface area contributed by atoms with E-state index in [0.717, 1.165) is 71.9 Å². The summed E-state index contributed by atoms with van der Waals surface area (Å²) >= 11 is 0. The van der Waals surface area contributed by atoms with Gasteiger partial charge in [-0.3, -0.25) is 19.2 Å². The van der Waals surface area contributed by atoms with Crippen LogP contribution in [-0.2, 0) is 28.4 Å². The van der Waals surface area contributed by atoms with E-state index in [2.05, 4.69) is 19.8 Å². The fraction of sp³-hybridized carbons (Fsp3) is 0.438. The average Bonchev–Trinajstić information content (AvgIpc) is 3.57. The Morgan fingerprint density at radius 3 is 1.64 bits per heavy atom. The zero-order valence-electron chi connectivity index (χ0n) is 25.3. The molecule has 4 aromatic rings. The molecule has 0 saturated carbocycles. The Morgan fingerprint density at radius 1 is 0.818 bits per heavy atom. The molecule has 6 heterocycles. The normalized spacial score (nSPS) is 16.1. The SMILES string of the molecule is CCOC(=O)C1CCN(c2ccnc3c2c(C=O)cn3C)CC1.Cn1cc(C=O)c2c(N3CCC(C(=O)O)CC3)ccnc21. The van der Waals surface area contributed by atoms with Crippen LogP contribution in [0.3, 0.4) is 0 Å². The summed E-state index contributed by atoms with van der Waals surface area (Å²) in [4.78, 5) is 58.6. The van der Waals surface area contributed by atoms with Crippen LogP contribution in [0.5, 0.6) is 0 Å². The van der Waals surface area contributed by atoms with Gasteiger partial charge in [-0.05, 0) is 44.7 Å². The molecule has 0 aromatic carbocycles. The highest BCUT2D eigenvalue weighted by Gasteiger charge is 2.28. The van der Waals surface area contributed by atoms with Crippen LogP contribution in [0.4, 0.5) is 11.4 Å². The van der Waals surface area contributed by atoms with Crippen molar-refractivity contribution >= 4 is 58.0 Å². The number of aliphatic carboxylic acids is 1. The Labute approximate surface area is 255 Å². The highest BCUT2D eigenvalue weighted by molar-refractivity contribution is 6.04. The zero-order chi connectivity index (χ0) is 31.4. The maximum atomic E-state index is 11.9. The van der Waals surface area contributed by atoms with Gasteiger partial charge in [-0.15, -0.1) is 0 Å². The molecule has 0 amide bonds. The number of carboxylic acids is 1. The van der Waals surface area contributed by atoms with Gasteiger partial charge in [0.15, 0.2) is 12.6 Å². The second kappa shape index (κ2) is 13.3. The second-order valence-corrected chi connectivity index (χ2v) is 11.3. The number of carbonyl (C=O) groups excluding carboxylic acids is 3. The van der Waals surface area contributed by atoms with Crippen molar-refractivity contribution in [3.63, 3.8) is 0 Å². The number of rotatable bonds is 7. The number of pyridine rings is 2. The maximum Gasteiger partial charge on any atom is 0.309 e. The number of carboxylic acid groups (broad SMARTS) is 1. The monoisotopic (exact) mass is 602 g/mol. The Morgan fingerprint density at radius 2 is 1.25 bits per heavy atom. The van der Waals surface area contributed by atoms with Crippen molar-refractivity contribution < 1.29 is 29.0 Å². The Bertz CT molecular complexity index is 1680. The van der Waals surface area contributed by atoms with E-state index in [0.29, 0.717) is 43.7 Å². The molecule has 232 valence electrons. The minimum absolute atomic E-state index is 0.0233. The third-order valence-electron chi connectivity index (χ3n) is 8.62. The number of nitrogens with zero attached hydrogens (tertiary/aromatic N) is 6. The van der Waals surface area contributed by atoms with Gasteiger partial charge in [-0.1, -0.05) is 0 Å². The Kier molecular flexibility index (Phi) is 9.26. The molecule has 0 aliphatic carbocycles. The first kappa shape index (κ1) is 30.7. The van der Waals surface area contributed by atoms with Crippen molar-refractivity contribution in [1.29, 1.82) is 0 Å². The van der Waals surface area contributed by atoms with E-state index in [4.69, 9.17) is 9.84 Å². The van der Waals surface area contributed by atoms with Crippen LogP contribution in [0.15, 0.2) is 36.9 Å². The molecule has 0 unspecified atom stereocenters. The van der Waals surface area contributed by atoms with Crippen LogP contribution in [0, 0.1) is 11.8 Å². The van der Waals surface area contributed by atoms with Gasteiger partial charge in [0.05, 0.1) is 40.6 Å². The van der Waals surface area contributed by atoms with Crippen molar-refractivity contribution in [3.8, 4) is 0 Å². The topological polar surface area (TPSA) is 140 Å². The fourth-order valence-electron chi connectivity index (χ4n) is 6.33. The lowest BCUT2D eigenvalue weighted by Gasteiger charge is -2.33. The first-order chi connectivity index (χ1) is 21.3. The number of esters is 1. The summed E-state index contributed by atoms with van der Waals surface area (Å²) in [6.45, 7) is 5.17. The molecule has 12 nitrogen and oxygen atoms in total. The molecule has 44 heavy (non-hydrogen) atoms. The van der Waals surface area contributed by atoms with Crippen LogP contribution in [0.2, 0.25) is 0 Å². The number of piperidine rings is 2. The first-order valence-electron chi connectivity index (χ1n) is 14.9. The van der Waals surface area contributed by atoms with E-state index in [1.165, 1.54) is 0 Å². The molecular formula is C32H38N6O6. The van der Waals surface area contributed by atoms with Gasteiger partial charge in [0.1, 0.15) is 11.3 Å². The van der Waals surface area contributed by atoms with Crippen LogP contribution < -0.4 is 9.80 Å². The summed E-state index contributed by atoms with van der Waals surface area (Å²) in [7, 11) is 3.75. The van der Waals surface area contributed by atoms with Gasteiger partial charge in [0.2, 0.25) is 0 Å². The lowest BCUT2D eigenvalue weighted by atomic mass is 9.96. The van der Waals surface area contributed by atoms with Crippen LogP contribution >= 0.6 is 0 Å². The number of hydrogen-bond donors (Lipinski definition) is 1. The Balaban J connectivity index is 0.000000175. The number of fused-ring (bicyclic) bond motifs is 2. The van der Waals surface area contributed by atoms with Crippen LogP contribution in [0.25, 0.3) is 22.1 Å². The molecule has 2 aliphatic rings. The van der Waals surface area contributed by atoms with E-state index >= 15 is 0 Å². The van der Waals surface area contributed by atoms with Crippen LogP contribution in [0.1, 0.15) is 53.3 Å². The number of hydrogen-bond acceptors (Lipinski definition) is 9. The number of aromatic nitrogens is 4. The number of aryl methyl sites for hydroxylation is 2. The molecule has 1 N–H and O–H groups in total. The van der Waals surface area contributed by atoms with Gasteiger partial charge in [-0.2, -0.15) is 0 Å². The molecular weight excluding hydrogens is 564 g/mol. The molecule has 0 bridgehead atoms. The van der Waals surface area contributed by atoms with Gasteiger partial charge in [-0.25, -0.2) is 9.97 Å². The smallest absolute Gasteiger partial charge is 0.309 e. The predicted molar refractivity (Wildman–Crippen MR) is 166 cm³/mol. The number of aldehydes is 2. The van der Waals surface area contributed by atoms with E-state index in [9.17, 15) is 19.2 Å². The van der Waals surface area contributed by atoms with Gasteiger partial charge in [0, 0.05) is 76.2 Å². The minimum Gasteiger partial charge on any atom is -0.481 e. The zero-order valence-corrected chi connectivity index (χ0v) is 25.3. The molecule has 2 fully saturated rings. The standard InChI is InChI=1S/C17H21N3O3.C15H17N3O3/c1-3-23-17(22)12-5-8-20(9-6-12)14-4-7-18-16-15(14)13(11-21)10-19(16)2;1-17-8-11(9-19)13-12(2-5-16-14(13)17)18-6-3-10(4-7-18)15(20)21/h4,7,10-12H,3,5-6,8-9H2,1-2H3;2,5,8-10H,3-4,6-7H2,1H3,(H,20,21). The molecule has 4 aromatic heterocycles. The molecule has 2 saturated heterocycles.